The maximum Gasteiger partial charge on any atom is 0.647 e. The molecule has 134 valence electrons. The molecule has 5 heteroatoms. The van der Waals surface area contributed by atoms with Gasteiger partial charge in [0.25, 0.3) is 0 Å². The monoisotopic (exact) mass is 368 g/mol. The molecule has 0 aliphatic heterocycles. The summed E-state index contributed by atoms with van der Waals surface area (Å²) in [4.78, 5) is 0. The van der Waals surface area contributed by atoms with E-state index in [1.54, 1.807) is 54.6 Å². The molecule has 0 aromatic heterocycles. The molecular weight excluding hydrogens is 347 g/mol. The van der Waals surface area contributed by atoms with Crippen LogP contribution in [0.15, 0.2) is 78.9 Å². The minimum absolute atomic E-state index is 0.414. The molecule has 3 aromatic rings. The summed E-state index contributed by atoms with van der Waals surface area (Å²) in [5.41, 5.74) is 2.04. The molecular formula is C21H21O4P. The Labute approximate surface area is 154 Å². The Morgan fingerprint density at radius 2 is 1.27 bits per heavy atom. The summed E-state index contributed by atoms with van der Waals surface area (Å²) >= 11 is 0. The van der Waals surface area contributed by atoms with Crippen molar-refractivity contribution in [2.45, 2.75) is 20.3 Å². The molecule has 0 atom stereocenters. The van der Waals surface area contributed by atoms with Gasteiger partial charge in [-0.15, -0.1) is 0 Å². The molecule has 0 fully saturated rings. The zero-order chi connectivity index (χ0) is 18.4. The maximum absolute atomic E-state index is 13.4. The predicted octanol–water partition coefficient (Wildman–Crippen LogP) is 6.20. The Morgan fingerprint density at radius 1 is 0.731 bits per heavy atom. The molecule has 3 aromatic carbocycles. The SMILES string of the molecule is CCc1c(C)cccc1OP(=O)(Oc1ccccc1)Oc1ccccc1. The van der Waals surface area contributed by atoms with Crippen molar-refractivity contribution in [3.8, 4) is 17.2 Å². The Hall–Kier alpha value is -2.71. The first kappa shape index (κ1) is 18.1. The highest BCUT2D eigenvalue weighted by atomic mass is 31.2. The van der Waals surface area contributed by atoms with Gasteiger partial charge < -0.3 is 13.6 Å². The summed E-state index contributed by atoms with van der Waals surface area (Å²) in [6.45, 7) is 4.02. The van der Waals surface area contributed by atoms with Gasteiger partial charge in [0.15, 0.2) is 0 Å². The number of phosphoric ester groups is 1. The van der Waals surface area contributed by atoms with Crippen LogP contribution in [0.2, 0.25) is 0 Å². The average Bonchev–Trinajstić information content (AvgIpc) is 2.63. The zero-order valence-corrected chi connectivity index (χ0v) is 15.7. The number of benzene rings is 3. The van der Waals surface area contributed by atoms with Crippen LogP contribution in [0.5, 0.6) is 17.2 Å². The summed E-state index contributed by atoms with van der Waals surface area (Å²) in [7, 11) is -3.95. The number of rotatable bonds is 7. The molecule has 0 heterocycles. The van der Waals surface area contributed by atoms with Gasteiger partial charge in [0.1, 0.15) is 17.2 Å². The number of hydrogen-bond donors (Lipinski definition) is 0. The van der Waals surface area contributed by atoms with Crippen LogP contribution in [0.4, 0.5) is 0 Å². The lowest BCUT2D eigenvalue weighted by atomic mass is 10.1. The van der Waals surface area contributed by atoms with Crippen LogP contribution in [-0.2, 0) is 11.0 Å². The van der Waals surface area contributed by atoms with Gasteiger partial charge in [-0.05, 0) is 54.8 Å². The van der Waals surface area contributed by atoms with E-state index in [2.05, 4.69) is 0 Å². The first-order valence-electron chi connectivity index (χ1n) is 8.47. The largest absolute Gasteiger partial charge is 0.647 e. The van der Waals surface area contributed by atoms with E-state index in [-0.39, 0.29) is 0 Å². The van der Waals surface area contributed by atoms with Crippen molar-refractivity contribution in [2.24, 2.45) is 0 Å². The average molecular weight is 368 g/mol. The fourth-order valence-corrected chi connectivity index (χ4v) is 3.89. The van der Waals surface area contributed by atoms with Crippen LogP contribution in [0, 0.1) is 6.92 Å². The molecule has 0 saturated heterocycles. The van der Waals surface area contributed by atoms with Gasteiger partial charge in [-0.3, -0.25) is 0 Å². The Kier molecular flexibility index (Phi) is 5.65. The van der Waals surface area contributed by atoms with Crippen molar-refractivity contribution in [1.29, 1.82) is 0 Å². The second-order valence-corrected chi connectivity index (χ2v) is 7.19. The number of hydrogen-bond acceptors (Lipinski definition) is 4. The van der Waals surface area contributed by atoms with Crippen LogP contribution < -0.4 is 13.6 Å². The predicted molar refractivity (Wildman–Crippen MR) is 103 cm³/mol. The van der Waals surface area contributed by atoms with Crippen molar-refractivity contribution in [1.82, 2.24) is 0 Å². The Bertz CT molecular complexity index is 849. The lowest BCUT2D eigenvalue weighted by Crippen LogP contribution is -2.09. The molecule has 0 saturated carbocycles. The first-order valence-corrected chi connectivity index (χ1v) is 9.93. The van der Waals surface area contributed by atoms with Gasteiger partial charge in [0.2, 0.25) is 0 Å². The van der Waals surface area contributed by atoms with Crippen LogP contribution in [0.25, 0.3) is 0 Å². The summed E-state index contributed by atoms with van der Waals surface area (Å²) in [5.74, 6) is 1.33. The molecule has 0 aliphatic carbocycles. The van der Waals surface area contributed by atoms with E-state index in [1.807, 2.05) is 38.1 Å². The summed E-state index contributed by atoms with van der Waals surface area (Å²) in [5, 5.41) is 0. The highest BCUT2D eigenvalue weighted by molar-refractivity contribution is 7.49. The molecule has 0 bridgehead atoms. The standard InChI is InChI=1S/C21H21O4P/c1-3-20-17(2)11-10-16-21(20)25-26(22,23-18-12-6-4-7-13-18)24-19-14-8-5-9-15-19/h4-16H,3H2,1-2H3. The Morgan fingerprint density at radius 3 is 1.77 bits per heavy atom. The zero-order valence-electron chi connectivity index (χ0n) is 14.8. The molecule has 26 heavy (non-hydrogen) atoms. The lowest BCUT2D eigenvalue weighted by molar-refractivity contribution is 0.297. The number of para-hydroxylation sites is 2. The van der Waals surface area contributed by atoms with Crippen molar-refractivity contribution >= 4 is 7.82 Å². The van der Waals surface area contributed by atoms with Gasteiger partial charge in [0.05, 0.1) is 0 Å². The van der Waals surface area contributed by atoms with E-state index in [9.17, 15) is 4.57 Å². The van der Waals surface area contributed by atoms with Crippen molar-refractivity contribution < 1.29 is 18.1 Å². The second kappa shape index (κ2) is 8.11. The van der Waals surface area contributed by atoms with E-state index in [0.29, 0.717) is 17.2 Å². The molecule has 0 unspecified atom stereocenters. The van der Waals surface area contributed by atoms with E-state index in [0.717, 1.165) is 17.5 Å². The summed E-state index contributed by atoms with van der Waals surface area (Å²) < 4.78 is 30.6. The molecule has 3 rings (SSSR count). The van der Waals surface area contributed by atoms with E-state index in [4.69, 9.17) is 13.6 Å². The van der Waals surface area contributed by atoms with Crippen molar-refractivity contribution in [3.63, 3.8) is 0 Å². The highest BCUT2D eigenvalue weighted by Gasteiger charge is 2.34. The fourth-order valence-electron chi connectivity index (χ4n) is 2.61. The van der Waals surface area contributed by atoms with Crippen LogP contribution in [-0.4, -0.2) is 0 Å². The van der Waals surface area contributed by atoms with Gasteiger partial charge in [-0.25, -0.2) is 0 Å². The fraction of sp³-hybridized carbons (Fsp3) is 0.143. The van der Waals surface area contributed by atoms with E-state index < -0.39 is 7.82 Å². The molecule has 0 radical (unpaired) electrons. The first-order chi connectivity index (χ1) is 12.6. The second-order valence-electron chi connectivity index (χ2n) is 5.75. The van der Waals surface area contributed by atoms with Gasteiger partial charge in [-0.1, -0.05) is 55.5 Å². The molecule has 0 spiro atoms. The third-order valence-electron chi connectivity index (χ3n) is 3.85. The molecule has 0 N–H and O–H groups in total. The van der Waals surface area contributed by atoms with Crippen molar-refractivity contribution in [3.05, 3.63) is 90.0 Å². The minimum Gasteiger partial charge on any atom is -0.386 e. The molecule has 4 nitrogen and oxygen atoms in total. The normalized spacial score (nSPS) is 11.0. The van der Waals surface area contributed by atoms with Crippen molar-refractivity contribution in [2.75, 3.05) is 0 Å². The summed E-state index contributed by atoms with van der Waals surface area (Å²) in [6, 6.07) is 23.4. The number of aryl methyl sites for hydroxylation is 1. The third kappa shape index (κ3) is 4.47. The van der Waals surface area contributed by atoms with E-state index >= 15 is 0 Å². The molecule has 0 aliphatic rings. The van der Waals surface area contributed by atoms with Gasteiger partial charge in [-0.2, -0.15) is 4.57 Å². The number of phosphoric acid groups is 1. The quantitative estimate of drug-likeness (QED) is 0.466. The van der Waals surface area contributed by atoms with Gasteiger partial charge in [0, 0.05) is 0 Å². The smallest absolute Gasteiger partial charge is 0.386 e. The topological polar surface area (TPSA) is 44.8 Å². The van der Waals surface area contributed by atoms with Crippen LogP contribution >= 0.6 is 7.82 Å². The van der Waals surface area contributed by atoms with Crippen LogP contribution in [0.1, 0.15) is 18.1 Å². The third-order valence-corrected chi connectivity index (χ3v) is 5.14. The summed E-state index contributed by atoms with van der Waals surface area (Å²) in [6.07, 6.45) is 0.749. The van der Waals surface area contributed by atoms with Gasteiger partial charge >= 0.3 is 7.82 Å². The minimum atomic E-state index is -3.95. The molecule has 0 amide bonds. The van der Waals surface area contributed by atoms with E-state index in [1.165, 1.54) is 0 Å². The Balaban J connectivity index is 1.95. The van der Waals surface area contributed by atoms with Crippen LogP contribution in [0.3, 0.4) is 0 Å². The lowest BCUT2D eigenvalue weighted by Gasteiger charge is -2.21. The maximum atomic E-state index is 13.4. The highest BCUT2D eigenvalue weighted by Crippen LogP contribution is 2.50.